The molecule has 0 spiro atoms. The van der Waals surface area contributed by atoms with Gasteiger partial charge in [-0.15, -0.1) is 0 Å². The Morgan fingerprint density at radius 3 is 2.43 bits per heavy atom. The molecule has 1 aliphatic heterocycles. The zero-order valence-corrected chi connectivity index (χ0v) is 16.1. The average molecular weight is 397 g/mol. The summed E-state index contributed by atoms with van der Waals surface area (Å²) in [5, 5.41) is 0. The maximum absolute atomic E-state index is 14.2. The van der Waals surface area contributed by atoms with Gasteiger partial charge in [-0.05, 0) is 19.5 Å². The minimum Gasteiger partial charge on any atom is -0.351 e. The van der Waals surface area contributed by atoms with Crippen LogP contribution in [0.4, 0.5) is 23.4 Å². The highest BCUT2D eigenvalue weighted by Crippen LogP contribution is 2.33. The number of halogens is 4. The van der Waals surface area contributed by atoms with Crippen molar-refractivity contribution >= 4 is 23.1 Å². The molecule has 3 rings (SSSR count). The van der Waals surface area contributed by atoms with Crippen molar-refractivity contribution in [3.05, 3.63) is 35.1 Å². The number of piperazine rings is 1. The number of benzene rings is 1. The van der Waals surface area contributed by atoms with E-state index in [0.29, 0.717) is 30.8 Å². The van der Waals surface area contributed by atoms with Crippen LogP contribution in [0.1, 0.15) is 18.9 Å². The molecule has 2 aromatic rings. The number of hydrogen-bond donors (Lipinski definition) is 0. The van der Waals surface area contributed by atoms with Crippen LogP contribution >= 0.6 is 0 Å². The highest BCUT2D eigenvalue weighted by Gasteiger charge is 2.35. The third-order valence-corrected chi connectivity index (χ3v) is 4.79. The van der Waals surface area contributed by atoms with Crippen molar-refractivity contribution < 1.29 is 17.6 Å². The minimum absolute atomic E-state index is 0.160. The lowest BCUT2D eigenvalue weighted by atomic mass is 10.1. The van der Waals surface area contributed by atoms with Gasteiger partial charge in [-0.25, -0.2) is 9.37 Å². The van der Waals surface area contributed by atoms with Gasteiger partial charge >= 0.3 is 6.18 Å². The molecular weight excluding hydrogens is 374 g/mol. The van der Waals surface area contributed by atoms with Gasteiger partial charge in [0.15, 0.2) is 11.3 Å². The first-order valence-corrected chi connectivity index (χ1v) is 9.12. The van der Waals surface area contributed by atoms with E-state index in [1.165, 1.54) is 0 Å². The fourth-order valence-corrected chi connectivity index (χ4v) is 3.24. The Bertz CT molecular complexity index is 953. The van der Waals surface area contributed by atoms with Gasteiger partial charge in [-0.1, -0.05) is 13.0 Å². The summed E-state index contributed by atoms with van der Waals surface area (Å²) in [5.41, 5.74) is -0.541. The van der Waals surface area contributed by atoms with Crippen LogP contribution in [0.15, 0.2) is 23.2 Å². The number of aromatic nitrogens is 2. The van der Waals surface area contributed by atoms with E-state index >= 15 is 0 Å². The van der Waals surface area contributed by atoms with Gasteiger partial charge < -0.3 is 9.80 Å². The molecule has 0 atom stereocenters. The van der Waals surface area contributed by atoms with Gasteiger partial charge in [0, 0.05) is 45.5 Å². The van der Waals surface area contributed by atoms with Crippen LogP contribution in [-0.2, 0) is 6.18 Å². The number of rotatable bonds is 3. The van der Waals surface area contributed by atoms with Crippen LogP contribution in [0, 0.1) is 5.82 Å². The van der Waals surface area contributed by atoms with Gasteiger partial charge in [-0.3, -0.25) is 9.56 Å². The van der Waals surface area contributed by atoms with Gasteiger partial charge in [-0.2, -0.15) is 13.2 Å². The lowest BCUT2D eigenvalue weighted by Gasteiger charge is -2.33. The van der Waals surface area contributed by atoms with E-state index in [-0.39, 0.29) is 11.0 Å². The molecule has 0 N–H and O–H groups in total. The maximum Gasteiger partial charge on any atom is 0.419 e. The molecule has 0 unspecified atom stereocenters. The lowest BCUT2D eigenvalue weighted by molar-refractivity contribution is -0.139. The van der Waals surface area contributed by atoms with Crippen molar-refractivity contribution in [1.29, 1.82) is 0 Å². The number of likely N-dealkylation sites (N-methyl/N-ethyl adjacent to an activating group) is 1. The quantitative estimate of drug-likeness (QED) is 0.746. The molecule has 9 heteroatoms. The Balaban J connectivity index is 2.30. The van der Waals surface area contributed by atoms with E-state index in [1.54, 1.807) is 17.8 Å². The lowest BCUT2D eigenvalue weighted by Crippen LogP contribution is -2.47. The summed E-state index contributed by atoms with van der Waals surface area (Å²) in [7, 11) is 3.60. The van der Waals surface area contributed by atoms with Crippen molar-refractivity contribution in [3.63, 3.8) is 0 Å². The van der Waals surface area contributed by atoms with Crippen LogP contribution in [0.5, 0.6) is 0 Å². The van der Waals surface area contributed by atoms with Gasteiger partial charge in [0.2, 0.25) is 0 Å². The van der Waals surface area contributed by atoms with Crippen LogP contribution in [-0.4, -0.2) is 54.7 Å². The predicted molar refractivity (Wildman–Crippen MR) is 102 cm³/mol. The standard InChI is InChI=1S/C19H23F4N5/c1-4-5-6-28-16-11-13(19(21,22)23)14(20)12-15(16)25-18(17(28)24-2)27-9-7-26(3)8-10-27/h5-6,11-12H,4,7-10H2,1-3H3/b6-5-,24-17?. The molecule has 1 aromatic heterocycles. The maximum atomic E-state index is 14.2. The third kappa shape index (κ3) is 3.89. The van der Waals surface area contributed by atoms with E-state index in [4.69, 9.17) is 0 Å². The Kier molecular flexibility index (Phi) is 5.74. The largest absolute Gasteiger partial charge is 0.419 e. The van der Waals surface area contributed by atoms with Gasteiger partial charge in [0.1, 0.15) is 5.82 Å². The number of hydrogen-bond acceptors (Lipinski definition) is 4. The van der Waals surface area contributed by atoms with E-state index in [9.17, 15) is 17.6 Å². The fraction of sp³-hybridized carbons (Fsp3) is 0.474. The smallest absolute Gasteiger partial charge is 0.351 e. The molecule has 0 amide bonds. The molecule has 2 heterocycles. The highest BCUT2D eigenvalue weighted by molar-refractivity contribution is 5.79. The van der Waals surface area contributed by atoms with Crippen molar-refractivity contribution in [1.82, 2.24) is 14.5 Å². The van der Waals surface area contributed by atoms with Crippen LogP contribution in [0.3, 0.4) is 0 Å². The summed E-state index contributed by atoms with van der Waals surface area (Å²) in [6.45, 7) is 4.99. The van der Waals surface area contributed by atoms with Crippen molar-refractivity contribution in [3.8, 4) is 0 Å². The summed E-state index contributed by atoms with van der Waals surface area (Å²) in [6.07, 6.45) is -0.607. The topological polar surface area (TPSA) is 36.7 Å². The molecule has 28 heavy (non-hydrogen) atoms. The third-order valence-electron chi connectivity index (χ3n) is 4.79. The van der Waals surface area contributed by atoms with Crippen LogP contribution in [0.25, 0.3) is 17.2 Å². The molecule has 0 aliphatic carbocycles. The summed E-state index contributed by atoms with van der Waals surface area (Å²) in [6, 6.07) is 1.66. The van der Waals surface area contributed by atoms with E-state index in [1.807, 2.05) is 24.9 Å². The first-order valence-electron chi connectivity index (χ1n) is 9.12. The molecule has 0 radical (unpaired) electrons. The molecule has 1 aromatic carbocycles. The number of alkyl halides is 3. The van der Waals surface area contributed by atoms with Crippen LogP contribution in [0.2, 0.25) is 0 Å². The van der Waals surface area contributed by atoms with E-state index in [2.05, 4.69) is 14.9 Å². The second kappa shape index (κ2) is 7.90. The Labute approximate surface area is 160 Å². The Morgan fingerprint density at radius 2 is 1.86 bits per heavy atom. The van der Waals surface area contributed by atoms with Gasteiger partial charge in [0.25, 0.3) is 0 Å². The molecule has 1 fully saturated rings. The summed E-state index contributed by atoms with van der Waals surface area (Å²) < 4.78 is 55.4. The first-order chi connectivity index (χ1) is 13.3. The molecule has 1 saturated heterocycles. The van der Waals surface area contributed by atoms with E-state index < -0.39 is 17.6 Å². The number of fused-ring (bicyclic) bond motifs is 1. The summed E-state index contributed by atoms with van der Waals surface area (Å²) in [5.74, 6) is -0.785. The summed E-state index contributed by atoms with van der Waals surface area (Å²) >= 11 is 0. The number of nitrogens with zero attached hydrogens (tertiary/aromatic N) is 5. The van der Waals surface area contributed by atoms with Crippen molar-refractivity contribution in [2.24, 2.45) is 4.99 Å². The van der Waals surface area contributed by atoms with Crippen molar-refractivity contribution in [2.75, 3.05) is 45.2 Å². The normalized spacial score (nSPS) is 17.2. The molecule has 0 bridgehead atoms. The molecule has 1 aliphatic rings. The second-order valence-corrected chi connectivity index (χ2v) is 6.75. The highest BCUT2D eigenvalue weighted by atomic mass is 19.4. The second-order valence-electron chi connectivity index (χ2n) is 6.75. The summed E-state index contributed by atoms with van der Waals surface area (Å²) in [4.78, 5) is 13.0. The first kappa shape index (κ1) is 20.3. The zero-order chi connectivity index (χ0) is 20.5. The number of anilines is 1. The monoisotopic (exact) mass is 397 g/mol. The fourth-order valence-electron chi connectivity index (χ4n) is 3.24. The van der Waals surface area contributed by atoms with Crippen molar-refractivity contribution in [2.45, 2.75) is 19.5 Å². The Morgan fingerprint density at radius 1 is 1.18 bits per heavy atom. The molecule has 5 nitrogen and oxygen atoms in total. The average Bonchev–Trinajstić information content (AvgIpc) is 2.64. The van der Waals surface area contributed by atoms with Gasteiger partial charge in [0.05, 0.1) is 16.6 Å². The number of allylic oxidation sites excluding steroid dienone is 1. The molecule has 152 valence electrons. The van der Waals surface area contributed by atoms with E-state index in [0.717, 1.165) is 25.2 Å². The minimum atomic E-state index is -4.79. The zero-order valence-electron chi connectivity index (χ0n) is 16.1. The SMILES string of the molecule is CC/C=C\n1c(=NC)c(N2CCN(C)CC2)nc2cc(F)c(C(F)(F)F)cc21. The molecular formula is C19H23F4N5. The molecule has 0 saturated carbocycles. The predicted octanol–water partition coefficient (Wildman–Crippen LogP) is 3.36. The van der Waals surface area contributed by atoms with Crippen LogP contribution < -0.4 is 10.4 Å². The Hall–Kier alpha value is -2.42.